The zero-order chi connectivity index (χ0) is 12.3. The molecule has 1 aliphatic heterocycles. The number of hydrogen-bond donors (Lipinski definition) is 1. The van der Waals surface area contributed by atoms with Crippen LogP contribution >= 0.6 is 0 Å². The lowest BCUT2D eigenvalue weighted by Gasteiger charge is -2.32. The first-order chi connectivity index (χ1) is 8.18. The van der Waals surface area contributed by atoms with Crippen LogP contribution in [-0.4, -0.2) is 57.5 Å². The molecule has 1 saturated heterocycles. The van der Waals surface area contributed by atoms with E-state index in [1.165, 1.54) is 9.58 Å². The van der Waals surface area contributed by atoms with Crippen LogP contribution in [0.15, 0.2) is 18.5 Å². The third-order valence-electron chi connectivity index (χ3n) is 2.59. The van der Waals surface area contributed by atoms with Gasteiger partial charge in [0, 0.05) is 18.9 Å². The second kappa shape index (κ2) is 4.96. The fourth-order valence-corrected chi connectivity index (χ4v) is 1.73. The van der Waals surface area contributed by atoms with E-state index in [0.717, 1.165) is 0 Å². The van der Waals surface area contributed by atoms with Gasteiger partial charge in [0.1, 0.15) is 6.54 Å². The Kier molecular flexibility index (Phi) is 3.38. The second-order valence-corrected chi connectivity index (χ2v) is 3.72. The number of carboxylic acids is 1. The van der Waals surface area contributed by atoms with Crippen LogP contribution in [0.4, 0.5) is 0 Å². The molecule has 0 spiro atoms. The molecule has 7 heteroatoms. The van der Waals surface area contributed by atoms with Crippen LogP contribution in [-0.2, 0) is 20.9 Å². The number of aliphatic carboxylic acids is 1. The van der Waals surface area contributed by atoms with Gasteiger partial charge in [0.05, 0.1) is 13.2 Å². The fraction of sp³-hybridized carbons (Fsp3) is 0.500. The van der Waals surface area contributed by atoms with Crippen LogP contribution in [0.5, 0.6) is 0 Å². The van der Waals surface area contributed by atoms with Crippen LogP contribution in [0, 0.1) is 0 Å². The standard InChI is InChI=1S/C10H13N3O4/c14-9(6-12-3-1-2-11-12)13-4-5-17-7-8(13)10(15)16/h1-3,8H,4-7H2,(H,15,16)/t8-/m0/s1. The van der Waals surface area contributed by atoms with Crippen LogP contribution in [0.25, 0.3) is 0 Å². The van der Waals surface area contributed by atoms with Gasteiger partial charge in [-0.15, -0.1) is 0 Å². The lowest BCUT2D eigenvalue weighted by atomic mass is 10.2. The van der Waals surface area contributed by atoms with Gasteiger partial charge < -0.3 is 14.7 Å². The number of carbonyl (C=O) groups is 2. The molecule has 1 N–H and O–H groups in total. The van der Waals surface area contributed by atoms with E-state index in [1.54, 1.807) is 18.5 Å². The molecule has 2 rings (SSSR count). The molecule has 92 valence electrons. The summed E-state index contributed by atoms with van der Waals surface area (Å²) < 4.78 is 6.53. The van der Waals surface area contributed by atoms with E-state index in [4.69, 9.17) is 9.84 Å². The summed E-state index contributed by atoms with van der Waals surface area (Å²) in [6.45, 7) is 0.767. The largest absolute Gasteiger partial charge is 0.480 e. The summed E-state index contributed by atoms with van der Waals surface area (Å²) in [5.74, 6) is -1.30. The molecule has 0 radical (unpaired) electrons. The molecule has 1 aromatic heterocycles. The highest BCUT2D eigenvalue weighted by Crippen LogP contribution is 2.08. The quantitative estimate of drug-likeness (QED) is 0.746. The number of carboxylic acid groups (broad SMARTS) is 1. The Morgan fingerprint density at radius 1 is 1.53 bits per heavy atom. The molecule has 1 aromatic rings. The van der Waals surface area contributed by atoms with Crippen LogP contribution < -0.4 is 0 Å². The van der Waals surface area contributed by atoms with Crippen molar-refractivity contribution in [1.82, 2.24) is 14.7 Å². The molecule has 17 heavy (non-hydrogen) atoms. The van der Waals surface area contributed by atoms with E-state index in [9.17, 15) is 9.59 Å². The number of carbonyl (C=O) groups excluding carboxylic acids is 1. The maximum atomic E-state index is 11.9. The van der Waals surface area contributed by atoms with E-state index >= 15 is 0 Å². The molecule has 0 unspecified atom stereocenters. The normalized spacial score (nSPS) is 20.2. The Morgan fingerprint density at radius 2 is 2.35 bits per heavy atom. The summed E-state index contributed by atoms with van der Waals surface area (Å²) in [6.07, 6.45) is 3.23. The molecule has 1 fully saturated rings. The molecular weight excluding hydrogens is 226 g/mol. The number of hydrogen-bond acceptors (Lipinski definition) is 4. The Hall–Kier alpha value is -1.89. The van der Waals surface area contributed by atoms with Crippen molar-refractivity contribution in [3.8, 4) is 0 Å². The molecule has 2 heterocycles. The minimum Gasteiger partial charge on any atom is -0.480 e. The molecule has 0 bridgehead atoms. The Labute approximate surface area is 97.6 Å². The highest BCUT2D eigenvalue weighted by atomic mass is 16.5. The number of amides is 1. The Bertz CT molecular complexity index is 404. The monoisotopic (exact) mass is 239 g/mol. The summed E-state index contributed by atoms with van der Waals surface area (Å²) in [7, 11) is 0. The minimum atomic E-state index is -1.04. The third kappa shape index (κ3) is 2.62. The number of rotatable bonds is 3. The smallest absolute Gasteiger partial charge is 0.328 e. The minimum absolute atomic E-state index is 0.0418. The number of nitrogens with zero attached hydrogens (tertiary/aromatic N) is 3. The maximum Gasteiger partial charge on any atom is 0.328 e. The van der Waals surface area contributed by atoms with Crippen LogP contribution in [0.3, 0.4) is 0 Å². The van der Waals surface area contributed by atoms with Crippen molar-refractivity contribution in [2.75, 3.05) is 19.8 Å². The van der Waals surface area contributed by atoms with Gasteiger partial charge in [0.15, 0.2) is 6.04 Å². The predicted molar refractivity (Wildman–Crippen MR) is 56.2 cm³/mol. The molecule has 7 nitrogen and oxygen atoms in total. The third-order valence-corrected chi connectivity index (χ3v) is 2.59. The van der Waals surface area contributed by atoms with E-state index in [2.05, 4.69) is 5.10 Å². The number of ether oxygens (including phenoxy) is 1. The summed E-state index contributed by atoms with van der Waals surface area (Å²) in [6, 6.07) is 0.813. The number of morpholine rings is 1. The predicted octanol–water partition coefficient (Wildman–Crippen LogP) is -0.805. The molecule has 0 aromatic carbocycles. The average Bonchev–Trinajstić information content (AvgIpc) is 2.81. The lowest BCUT2D eigenvalue weighted by molar-refractivity contribution is -0.158. The number of aromatic nitrogens is 2. The van der Waals surface area contributed by atoms with Crippen LogP contribution in [0.1, 0.15) is 0 Å². The van der Waals surface area contributed by atoms with Crippen molar-refractivity contribution in [3.05, 3.63) is 18.5 Å². The first kappa shape index (κ1) is 11.6. The van der Waals surface area contributed by atoms with Gasteiger partial charge in [0.2, 0.25) is 5.91 Å². The molecule has 1 aliphatic rings. The SMILES string of the molecule is O=C(O)[C@@H]1COCCN1C(=O)Cn1cccn1. The van der Waals surface area contributed by atoms with Gasteiger partial charge in [-0.25, -0.2) is 4.79 Å². The molecule has 1 amide bonds. The van der Waals surface area contributed by atoms with Crippen molar-refractivity contribution in [2.24, 2.45) is 0 Å². The topological polar surface area (TPSA) is 84.7 Å². The highest BCUT2D eigenvalue weighted by Gasteiger charge is 2.32. The maximum absolute atomic E-state index is 11.9. The average molecular weight is 239 g/mol. The van der Waals surface area contributed by atoms with E-state index in [-0.39, 0.29) is 19.1 Å². The Balaban J connectivity index is 2.03. The van der Waals surface area contributed by atoms with Gasteiger partial charge in [-0.05, 0) is 6.07 Å². The first-order valence-electron chi connectivity index (χ1n) is 5.26. The zero-order valence-corrected chi connectivity index (χ0v) is 9.15. The van der Waals surface area contributed by atoms with Gasteiger partial charge in [0.25, 0.3) is 0 Å². The van der Waals surface area contributed by atoms with Gasteiger partial charge >= 0.3 is 5.97 Å². The molecule has 1 atom stereocenters. The van der Waals surface area contributed by atoms with Gasteiger partial charge in [-0.1, -0.05) is 0 Å². The second-order valence-electron chi connectivity index (χ2n) is 3.72. The van der Waals surface area contributed by atoms with Crippen molar-refractivity contribution in [3.63, 3.8) is 0 Å². The van der Waals surface area contributed by atoms with E-state index in [1.807, 2.05) is 0 Å². The van der Waals surface area contributed by atoms with Crippen molar-refractivity contribution < 1.29 is 19.4 Å². The molecular formula is C10H13N3O4. The Morgan fingerprint density at radius 3 is 3.00 bits per heavy atom. The summed E-state index contributed by atoms with van der Waals surface area (Å²) in [5, 5.41) is 12.9. The van der Waals surface area contributed by atoms with Gasteiger partial charge in [-0.2, -0.15) is 5.10 Å². The molecule has 0 saturated carbocycles. The first-order valence-corrected chi connectivity index (χ1v) is 5.26. The molecule has 0 aliphatic carbocycles. The zero-order valence-electron chi connectivity index (χ0n) is 9.15. The lowest BCUT2D eigenvalue weighted by Crippen LogP contribution is -2.53. The summed E-state index contributed by atoms with van der Waals surface area (Å²) >= 11 is 0. The van der Waals surface area contributed by atoms with Crippen molar-refractivity contribution in [2.45, 2.75) is 12.6 Å². The van der Waals surface area contributed by atoms with Crippen molar-refractivity contribution in [1.29, 1.82) is 0 Å². The van der Waals surface area contributed by atoms with Gasteiger partial charge in [-0.3, -0.25) is 9.48 Å². The van der Waals surface area contributed by atoms with Crippen LogP contribution in [0.2, 0.25) is 0 Å². The highest BCUT2D eigenvalue weighted by molar-refractivity contribution is 5.83. The van der Waals surface area contributed by atoms with E-state index in [0.29, 0.717) is 13.2 Å². The van der Waals surface area contributed by atoms with Crippen molar-refractivity contribution >= 4 is 11.9 Å². The van der Waals surface area contributed by atoms with E-state index < -0.39 is 12.0 Å². The fourth-order valence-electron chi connectivity index (χ4n) is 1.73. The summed E-state index contributed by atoms with van der Waals surface area (Å²) in [5.41, 5.74) is 0. The summed E-state index contributed by atoms with van der Waals surface area (Å²) in [4.78, 5) is 24.2.